The topological polar surface area (TPSA) is 83.6 Å². The summed E-state index contributed by atoms with van der Waals surface area (Å²) < 4.78 is 52.2. The van der Waals surface area contributed by atoms with Crippen LogP contribution in [0.25, 0.3) is 0 Å². The first-order chi connectivity index (χ1) is 8.84. The van der Waals surface area contributed by atoms with Gasteiger partial charge in [0.2, 0.25) is 10.0 Å². The van der Waals surface area contributed by atoms with E-state index < -0.39 is 33.2 Å². The van der Waals surface area contributed by atoms with Crippen molar-refractivity contribution in [2.24, 2.45) is 0 Å². The van der Waals surface area contributed by atoms with Gasteiger partial charge in [-0.1, -0.05) is 6.08 Å². The van der Waals surface area contributed by atoms with E-state index in [0.29, 0.717) is 0 Å². The average Bonchev–Trinajstić information content (AvgIpc) is 2.26. The predicted octanol–water partition coefficient (Wildman–Crippen LogP) is 0.716. The molecule has 1 aromatic carbocycles. The number of halogens is 2. The molecule has 8 heteroatoms. The normalized spacial score (nSPS) is 11.8. The second-order valence-corrected chi connectivity index (χ2v) is 5.56. The Morgan fingerprint density at radius 3 is 2.32 bits per heavy atom. The highest BCUT2D eigenvalue weighted by atomic mass is 32.2. The van der Waals surface area contributed by atoms with Crippen molar-refractivity contribution < 1.29 is 22.3 Å². The summed E-state index contributed by atoms with van der Waals surface area (Å²) >= 11 is 0. The van der Waals surface area contributed by atoms with Gasteiger partial charge in [-0.15, -0.1) is 6.58 Å². The zero-order chi connectivity index (χ0) is 14.6. The fourth-order valence-corrected chi connectivity index (χ4v) is 3.01. The Bertz CT molecular complexity index is 552. The lowest BCUT2D eigenvalue weighted by atomic mass is 10.3. The largest absolute Gasteiger partial charge is 0.399 e. The van der Waals surface area contributed by atoms with Crippen molar-refractivity contribution in [1.82, 2.24) is 4.31 Å². The molecular formula is C11H14F2N2O3S. The average molecular weight is 292 g/mol. The fraction of sp³-hybridized carbons (Fsp3) is 0.273. The molecule has 19 heavy (non-hydrogen) atoms. The van der Waals surface area contributed by atoms with E-state index in [-0.39, 0.29) is 18.8 Å². The number of nitrogens with zero attached hydrogens (tertiary/aromatic N) is 1. The summed E-state index contributed by atoms with van der Waals surface area (Å²) in [6.07, 6.45) is 1.25. The maximum atomic E-state index is 13.6. The second-order valence-electron chi connectivity index (χ2n) is 3.69. The van der Waals surface area contributed by atoms with Gasteiger partial charge in [0.15, 0.2) is 4.90 Å². The van der Waals surface area contributed by atoms with Gasteiger partial charge in [0.05, 0.1) is 6.61 Å². The highest BCUT2D eigenvalue weighted by molar-refractivity contribution is 7.89. The smallest absolute Gasteiger partial charge is 0.249 e. The quantitative estimate of drug-likeness (QED) is 0.597. The molecule has 0 aliphatic rings. The van der Waals surface area contributed by atoms with Gasteiger partial charge in [0, 0.05) is 18.8 Å². The van der Waals surface area contributed by atoms with Crippen molar-refractivity contribution in [3.8, 4) is 0 Å². The van der Waals surface area contributed by atoms with Crippen molar-refractivity contribution in [3.05, 3.63) is 36.4 Å². The Hall–Kier alpha value is -1.51. The summed E-state index contributed by atoms with van der Waals surface area (Å²) in [5, 5.41) is 8.81. The third kappa shape index (κ3) is 3.28. The molecule has 0 atom stereocenters. The van der Waals surface area contributed by atoms with E-state index in [9.17, 15) is 17.2 Å². The van der Waals surface area contributed by atoms with Crippen LogP contribution in [0.3, 0.4) is 0 Å². The van der Waals surface area contributed by atoms with Crippen LogP contribution in [0.2, 0.25) is 0 Å². The first kappa shape index (κ1) is 15.5. The number of nitrogen functional groups attached to an aromatic ring is 1. The van der Waals surface area contributed by atoms with Crippen LogP contribution in [-0.4, -0.2) is 37.5 Å². The molecule has 0 aliphatic heterocycles. The third-order valence-electron chi connectivity index (χ3n) is 2.30. The Balaban J connectivity index is 3.37. The zero-order valence-electron chi connectivity index (χ0n) is 10.0. The van der Waals surface area contributed by atoms with Crippen molar-refractivity contribution in [3.63, 3.8) is 0 Å². The van der Waals surface area contributed by atoms with Crippen LogP contribution in [0.1, 0.15) is 0 Å². The maximum absolute atomic E-state index is 13.6. The van der Waals surface area contributed by atoms with Crippen molar-refractivity contribution in [2.75, 3.05) is 25.4 Å². The van der Waals surface area contributed by atoms with Gasteiger partial charge in [-0.3, -0.25) is 0 Å². The van der Waals surface area contributed by atoms with E-state index in [1.165, 1.54) is 6.08 Å². The molecule has 0 aliphatic carbocycles. The van der Waals surface area contributed by atoms with Crippen molar-refractivity contribution in [2.45, 2.75) is 4.90 Å². The predicted molar refractivity (Wildman–Crippen MR) is 66.8 cm³/mol. The Labute approximate surface area is 110 Å². The molecule has 0 spiro atoms. The number of aliphatic hydroxyl groups excluding tert-OH is 1. The number of nitrogens with two attached hydrogens (primary N) is 1. The zero-order valence-corrected chi connectivity index (χ0v) is 10.8. The van der Waals surface area contributed by atoms with Crippen LogP contribution in [0.5, 0.6) is 0 Å². The van der Waals surface area contributed by atoms with E-state index >= 15 is 0 Å². The maximum Gasteiger partial charge on any atom is 0.249 e. The number of hydrogen-bond donors (Lipinski definition) is 2. The molecule has 0 bridgehead atoms. The molecule has 0 unspecified atom stereocenters. The fourth-order valence-electron chi connectivity index (χ4n) is 1.52. The second kappa shape index (κ2) is 6.09. The highest BCUT2D eigenvalue weighted by Gasteiger charge is 2.30. The van der Waals surface area contributed by atoms with Crippen LogP contribution >= 0.6 is 0 Å². The van der Waals surface area contributed by atoms with Crippen LogP contribution in [-0.2, 0) is 10.0 Å². The van der Waals surface area contributed by atoms with Crippen LogP contribution < -0.4 is 5.73 Å². The standard InChI is InChI=1S/C11H14F2N2O3S/c1-2-3-15(4-5-16)19(17,18)11-9(12)6-8(14)7-10(11)13/h2,6-7,16H,1,3-5,14H2. The van der Waals surface area contributed by atoms with Crippen LogP contribution in [0, 0.1) is 11.6 Å². The van der Waals surface area contributed by atoms with E-state index in [2.05, 4.69) is 6.58 Å². The Morgan fingerprint density at radius 2 is 1.89 bits per heavy atom. The van der Waals surface area contributed by atoms with E-state index in [1.807, 2.05) is 0 Å². The molecule has 0 saturated carbocycles. The highest BCUT2D eigenvalue weighted by Crippen LogP contribution is 2.24. The lowest BCUT2D eigenvalue weighted by molar-refractivity contribution is 0.259. The van der Waals surface area contributed by atoms with Gasteiger partial charge < -0.3 is 10.8 Å². The molecule has 0 fully saturated rings. The van der Waals surface area contributed by atoms with Crippen molar-refractivity contribution >= 4 is 15.7 Å². The van der Waals surface area contributed by atoms with Crippen molar-refractivity contribution in [1.29, 1.82) is 0 Å². The van der Waals surface area contributed by atoms with Gasteiger partial charge in [0.1, 0.15) is 11.6 Å². The summed E-state index contributed by atoms with van der Waals surface area (Å²) in [6.45, 7) is 2.40. The van der Waals surface area contributed by atoms with Gasteiger partial charge >= 0.3 is 0 Å². The van der Waals surface area contributed by atoms with Gasteiger partial charge in [0.25, 0.3) is 0 Å². The molecular weight excluding hydrogens is 278 g/mol. The molecule has 1 aromatic rings. The van der Waals surface area contributed by atoms with Gasteiger partial charge in [-0.2, -0.15) is 4.31 Å². The molecule has 0 aromatic heterocycles. The first-order valence-electron chi connectivity index (χ1n) is 5.31. The van der Waals surface area contributed by atoms with Crippen LogP contribution in [0.4, 0.5) is 14.5 Å². The van der Waals surface area contributed by atoms with E-state index in [4.69, 9.17) is 10.8 Å². The number of sulfonamides is 1. The Kier molecular flexibility index (Phi) is 4.98. The lowest BCUT2D eigenvalue weighted by Crippen LogP contribution is -2.34. The number of anilines is 1. The number of benzene rings is 1. The number of hydrogen-bond acceptors (Lipinski definition) is 4. The van der Waals surface area contributed by atoms with Crippen LogP contribution in [0.15, 0.2) is 29.7 Å². The molecule has 1 rings (SSSR count). The van der Waals surface area contributed by atoms with E-state index in [0.717, 1.165) is 16.4 Å². The molecule has 5 nitrogen and oxygen atoms in total. The van der Waals surface area contributed by atoms with E-state index in [1.54, 1.807) is 0 Å². The summed E-state index contributed by atoms with van der Waals surface area (Å²) in [5.41, 5.74) is 5.00. The van der Waals surface area contributed by atoms with Gasteiger partial charge in [-0.25, -0.2) is 17.2 Å². The third-order valence-corrected chi connectivity index (χ3v) is 4.22. The minimum Gasteiger partial charge on any atom is -0.399 e. The molecule has 0 heterocycles. The summed E-state index contributed by atoms with van der Waals surface area (Å²) in [6, 6.07) is 1.45. The minimum atomic E-state index is -4.41. The minimum absolute atomic E-state index is 0.174. The monoisotopic (exact) mass is 292 g/mol. The first-order valence-corrected chi connectivity index (χ1v) is 6.75. The summed E-state index contributed by atoms with van der Waals surface area (Å²) in [7, 11) is -4.41. The molecule has 0 saturated heterocycles. The number of aliphatic hydroxyl groups is 1. The molecule has 3 N–H and O–H groups in total. The summed E-state index contributed by atoms with van der Waals surface area (Å²) in [5.74, 6) is -2.55. The Morgan fingerprint density at radius 1 is 1.37 bits per heavy atom. The molecule has 0 radical (unpaired) electrons. The number of rotatable bonds is 6. The summed E-state index contributed by atoms with van der Waals surface area (Å²) in [4.78, 5) is -1.09. The molecule has 106 valence electrons. The molecule has 0 amide bonds. The lowest BCUT2D eigenvalue weighted by Gasteiger charge is -2.20. The van der Waals surface area contributed by atoms with Gasteiger partial charge in [-0.05, 0) is 12.1 Å². The SMILES string of the molecule is C=CCN(CCO)S(=O)(=O)c1c(F)cc(N)cc1F.